The van der Waals surface area contributed by atoms with Gasteiger partial charge in [0, 0.05) is 30.2 Å². The number of carbonyl (C=O) groups excluding carboxylic acids is 1. The first-order valence-electron chi connectivity index (χ1n) is 7.70. The Morgan fingerprint density at radius 2 is 2.07 bits per heavy atom. The summed E-state index contributed by atoms with van der Waals surface area (Å²) in [7, 11) is 1.54. The average molecular weight is 390 g/mol. The maximum Gasteiger partial charge on any atom is 0.358 e. The van der Waals surface area contributed by atoms with Gasteiger partial charge in [0.1, 0.15) is 5.01 Å². The predicted molar refractivity (Wildman–Crippen MR) is 93.0 cm³/mol. The molecule has 2 heterocycles. The van der Waals surface area contributed by atoms with Crippen LogP contribution in [-0.2, 0) is 16.1 Å². The van der Waals surface area contributed by atoms with Gasteiger partial charge in [0.25, 0.3) is 11.6 Å². The summed E-state index contributed by atoms with van der Waals surface area (Å²) in [6.07, 6.45) is -0.788. The molecule has 0 bridgehead atoms. The molecule has 1 unspecified atom stereocenters. The predicted octanol–water partition coefficient (Wildman–Crippen LogP) is 3.17. The van der Waals surface area contributed by atoms with Crippen molar-refractivity contribution in [2.75, 3.05) is 7.11 Å². The molecule has 0 radical (unpaired) electrons. The molecule has 0 saturated carbocycles. The van der Waals surface area contributed by atoms with Gasteiger partial charge in [-0.1, -0.05) is 0 Å². The van der Waals surface area contributed by atoms with Gasteiger partial charge in [0.15, 0.2) is 11.8 Å². The second kappa shape index (κ2) is 8.01. The zero-order chi connectivity index (χ0) is 19.4. The smallest absolute Gasteiger partial charge is 0.358 e. The number of nitro benzene ring substituents is 1. The first-order chi connectivity index (χ1) is 13.0. The Bertz CT molecular complexity index is 952. The molecule has 0 spiro atoms. The van der Waals surface area contributed by atoms with Gasteiger partial charge in [-0.2, -0.15) is 0 Å². The number of esters is 1. The molecule has 0 aliphatic rings. The Labute approximate surface area is 156 Å². The van der Waals surface area contributed by atoms with Crippen molar-refractivity contribution < 1.29 is 23.6 Å². The first-order valence-corrected chi connectivity index (χ1v) is 8.58. The third kappa shape index (κ3) is 4.33. The van der Waals surface area contributed by atoms with Crippen LogP contribution in [0.1, 0.15) is 34.4 Å². The molecule has 1 aromatic carbocycles. The number of thiazole rings is 1. The Morgan fingerprint density at radius 1 is 1.33 bits per heavy atom. The maximum atomic E-state index is 12.2. The van der Waals surface area contributed by atoms with Crippen LogP contribution in [-0.4, -0.2) is 33.2 Å². The van der Waals surface area contributed by atoms with E-state index in [4.69, 9.17) is 13.9 Å². The highest BCUT2D eigenvalue weighted by Crippen LogP contribution is 2.25. The van der Waals surface area contributed by atoms with E-state index in [1.165, 1.54) is 35.6 Å². The van der Waals surface area contributed by atoms with Gasteiger partial charge in [0.2, 0.25) is 5.89 Å². The van der Waals surface area contributed by atoms with Crippen molar-refractivity contribution in [1.29, 1.82) is 0 Å². The summed E-state index contributed by atoms with van der Waals surface area (Å²) < 4.78 is 15.8. The minimum Gasteiger partial charge on any atom is -0.448 e. The van der Waals surface area contributed by atoms with Crippen LogP contribution >= 0.6 is 11.3 Å². The number of hydrogen-bond donors (Lipinski definition) is 0. The lowest BCUT2D eigenvalue weighted by atomic mass is 10.2. The minimum atomic E-state index is -0.788. The van der Waals surface area contributed by atoms with Crippen LogP contribution in [0.5, 0.6) is 0 Å². The quantitative estimate of drug-likeness (QED) is 0.339. The molecule has 0 aliphatic heterocycles. The molecule has 0 aliphatic carbocycles. The molecule has 0 N–H and O–H groups in total. The Hall–Kier alpha value is -3.18. The molecule has 1 atom stereocenters. The number of aromatic nitrogens is 3. The van der Waals surface area contributed by atoms with Crippen LogP contribution in [0.2, 0.25) is 0 Å². The maximum absolute atomic E-state index is 12.2. The summed E-state index contributed by atoms with van der Waals surface area (Å²) in [6, 6.07) is 5.67. The van der Waals surface area contributed by atoms with Gasteiger partial charge < -0.3 is 13.9 Å². The largest absolute Gasteiger partial charge is 0.448 e. The molecule has 11 heteroatoms. The van der Waals surface area contributed by atoms with Crippen molar-refractivity contribution in [1.82, 2.24) is 15.2 Å². The highest BCUT2D eigenvalue weighted by atomic mass is 32.1. The monoisotopic (exact) mass is 390 g/mol. The van der Waals surface area contributed by atoms with Gasteiger partial charge in [-0.3, -0.25) is 10.1 Å². The summed E-state index contributed by atoms with van der Waals surface area (Å²) in [5.41, 5.74) is 0.646. The molecular formula is C16H14N4O6S. The zero-order valence-corrected chi connectivity index (χ0v) is 15.1. The van der Waals surface area contributed by atoms with E-state index in [0.29, 0.717) is 17.2 Å². The topological polar surface area (TPSA) is 130 Å². The molecule has 0 amide bonds. The summed E-state index contributed by atoms with van der Waals surface area (Å²) in [6.45, 7) is 1.91. The molecule has 0 fully saturated rings. The second-order valence-corrected chi connectivity index (χ2v) is 6.30. The van der Waals surface area contributed by atoms with E-state index in [9.17, 15) is 14.9 Å². The normalized spacial score (nSPS) is 11.9. The Balaban J connectivity index is 1.67. The highest BCUT2D eigenvalue weighted by Gasteiger charge is 2.21. The fraction of sp³-hybridized carbons (Fsp3) is 0.250. The van der Waals surface area contributed by atoms with Crippen LogP contribution < -0.4 is 0 Å². The number of nitro groups is 1. The van der Waals surface area contributed by atoms with Gasteiger partial charge >= 0.3 is 5.97 Å². The summed E-state index contributed by atoms with van der Waals surface area (Å²) in [5.74, 6) is -0.348. The molecule has 0 saturated heterocycles. The third-order valence-electron chi connectivity index (χ3n) is 3.43. The fourth-order valence-corrected chi connectivity index (χ4v) is 2.84. The van der Waals surface area contributed by atoms with Crippen molar-refractivity contribution >= 4 is 23.0 Å². The van der Waals surface area contributed by atoms with Crippen molar-refractivity contribution in [3.05, 3.63) is 56.4 Å². The average Bonchev–Trinajstić information content (AvgIpc) is 3.32. The number of hydrogen-bond acceptors (Lipinski definition) is 10. The zero-order valence-electron chi connectivity index (χ0n) is 14.3. The van der Waals surface area contributed by atoms with Crippen molar-refractivity contribution in [3.8, 4) is 11.5 Å². The van der Waals surface area contributed by atoms with E-state index in [2.05, 4.69) is 15.2 Å². The van der Waals surface area contributed by atoms with Gasteiger partial charge in [0.05, 0.1) is 11.5 Å². The van der Waals surface area contributed by atoms with E-state index in [-0.39, 0.29) is 23.2 Å². The number of benzene rings is 1. The fourth-order valence-electron chi connectivity index (χ4n) is 2.11. The number of ether oxygens (including phenoxy) is 2. The van der Waals surface area contributed by atoms with E-state index in [1.807, 2.05) is 0 Å². The molecule has 2 aromatic heterocycles. The summed E-state index contributed by atoms with van der Waals surface area (Å²) >= 11 is 1.29. The Morgan fingerprint density at radius 3 is 2.74 bits per heavy atom. The van der Waals surface area contributed by atoms with Crippen LogP contribution in [0.25, 0.3) is 11.5 Å². The van der Waals surface area contributed by atoms with Gasteiger partial charge in [-0.05, 0) is 19.1 Å². The summed E-state index contributed by atoms with van der Waals surface area (Å²) in [5, 5.41) is 20.7. The number of nitrogens with zero attached hydrogens (tertiary/aromatic N) is 4. The van der Waals surface area contributed by atoms with Crippen molar-refractivity contribution in [2.45, 2.75) is 19.6 Å². The SMILES string of the molecule is COCc1nc(C(=O)OC(C)c2nnc(-c3ccc([N+](=O)[O-])cc3)o2)cs1. The number of non-ortho nitro benzene ring substituents is 1. The standard InChI is InChI=1S/C16H14N4O6S/c1-9(25-16(21)12-8-27-13(17-12)7-24-2)14-18-19-15(26-14)10-3-5-11(6-4-10)20(22)23/h3-6,8-9H,7H2,1-2H3. The number of methoxy groups -OCH3 is 1. The van der Waals surface area contributed by atoms with Gasteiger partial charge in [-0.25, -0.2) is 9.78 Å². The van der Waals surface area contributed by atoms with Crippen LogP contribution in [0, 0.1) is 10.1 Å². The molecule has 3 aromatic rings. The molecular weight excluding hydrogens is 376 g/mol. The van der Waals surface area contributed by atoms with E-state index in [0.717, 1.165) is 0 Å². The van der Waals surface area contributed by atoms with E-state index in [1.54, 1.807) is 19.4 Å². The van der Waals surface area contributed by atoms with E-state index >= 15 is 0 Å². The van der Waals surface area contributed by atoms with Crippen molar-refractivity contribution in [2.24, 2.45) is 0 Å². The van der Waals surface area contributed by atoms with Gasteiger partial charge in [-0.15, -0.1) is 21.5 Å². The van der Waals surface area contributed by atoms with E-state index < -0.39 is 17.0 Å². The first kappa shape index (κ1) is 18.6. The summed E-state index contributed by atoms with van der Waals surface area (Å²) in [4.78, 5) is 26.5. The molecule has 3 rings (SSSR count). The molecule has 140 valence electrons. The van der Waals surface area contributed by atoms with Crippen LogP contribution in [0.15, 0.2) is 34.1 Å². The van der Waals surface area contributed by atoms with Crippen LogP contribution in [0.3, 0.4) is 0 Å². The third-order valence-corrected chi connectivity index (χ3v) is 4.25. The Kier molecular flexibility index (Phi) is 5.52. The number of rotatable bonds is 7. The van der Waals surface area contributed by atoms with Crippen molar-refractivity contribution in [3.63, 3.8) is 0 Å². The second-order valence-electron chi connectivity index (χ2n) is 5.36. The molecule has 10 nitrogen and oxygen atoms in total. The lowest BCUT2D eigenvalue weighted by molar-refractivity contribution is -0.384. The number of carbonyl (C=O) groups is 1. The highest BCUT2D eigenvalue weighted by molar-refractivity contribution is 7.09. The lowest BCUT2D eigenvalue weighted by Crippen LogP contribution is -2.10. The minimum absolute atomic E-state index is 0.0445. The lowest BCUT2D eigenvalue weighted by Gasteiger charge is -2.07. The molecule has 27 heavy (non-hydrogen) atoms. The van der Waals surface area contributed by atoms with Crippen LogP contribution in [0.4, 0.5) is 5.69 Å².